The topological polar surface area (TPSA) is 0 Å². The van der Waals surface area contributed by atoms with Crippen LogP contribution in [0.15, 0.2) is 11.6 Å². The van der Waals surface area contributed by atoms with E-state index in [1.165, 1.54) is 24.8 Å². The summed E-state index contributed by atoms with van der Waals surface area (Å²) < 4.78 is 0. The van der Waals surface area contributed by atoms with Gasteiger partial charge < -0.3 is 0 Å². The summed E-state index contributed by atoms with van der Waals surface area (Å²) in [5, 5.41) is 0. The zero-order valence-corrected chi connectivity index (χ0v) is 8.93. The normalized spacial score (nSPS) is 35.2. The standard InChI is InChI=1S/C12H22/c1-9(2)5-8-12-10(3)6-7-11(12)4/h5,10-12H,6-8H2,1-4H3. The van der Waals surface area contributed by atoms with Crippen molar-refractivity contribution in [3.05, 3.63) is 11.6 Å². The Morgan fingerprint density at radius 2 is 1.67 bits per heavy atom. The van der Waals surface area contributed by atoms with Gasteiger partial charge in [0, 0.05) is 0 Å². The molecule has 0 nitrogen and oxygen atoms in total. The molecule has 0 aromatic rings. The predicted octanol–water partition coefficient (Wildman–Crippen LogP) is 4.02. The Kier molecular flexibility index (Phi) is 3.37. The molecule has 2 unspecified atom stereocenters. The van der Waals surface area contributed by atoms with Gasteiger partial charge in [-0.05, 0) is 38.0 Å². The van der Waals surface area contributed by atoms with Gasteiger partial charge in [-0.3, -0.25) is 0 Å². The maximum absolute atomic E-state index is 2.41. The van der Waals surface area contributed by atoms with Crippen molar-refractivity contribution in [3.8, 4) is 0 Å². The van der Waals surface area contributed by atoms with Gasteiger partial charge in [0.05, 0.1) is 0 Å². The van der Waals surface area contributed by atoms with Crippen molar-refractivity contribution >= 4 is 0 Å². The number of hydrogen-bond acceptors (Lipinski definition) is 0. The van der Waals surface area contributed by atoms with Crippen LogP contribution in [0.4, 0.5) is 0 Å². The highest BCUT2D eigenvalue weighted by Crippen LogP contribution is 2.38. The molecule has 0 aromatic heterocycles. The van der Waals surface area contributed by atoms with E-state index in [1.807, 2.05) is 0 Å². The Labute approximate surface area is 77.1 Å². The molecule has 0 saturated heterocycles. The fraction of sp³-hybridized carbons (Fsp3) is 0.833. The summed E-state index contributed by atoms with van der Waals surface area (Å²) in [6.07, 6.45) is 6.61. The number of allylic oxidation sites excluding steroid dienone is 2. The third kappa shape index (κ3) is 2.36. The summed E-state index contributed by atoms with van der Waals surface area (Å²) in [5.74, 6) is 2.87. The first kappa shape index (κ1) is 9.83. The zero-order valence-electron chi connectivity index (χ0n) is 8.93. The lowest BCUT2D eigenvalue weighted by Crippen LogP contribution is -2.09. The van der Waals surface area contributed by atoms with E-state index in [2.05, 4.69) is 33.8 Å². The van der Waals surface area contributed by atoms with Gasteiger partial charge in [0.15, 0.2) is 0 Å². The second kappa shape index (κ2) is 4.11. The van der Waals surface area contributed by atoms with Gasteiger partial charge >= 0.3 is 0 Å². The maximum atomic E-state index is 2.41. The third-order valence-electron chi connectivity index (χ3n) is 3.34. The molecule has 0 N–H and O–H groups in total. The average molecular weight is 166 g/mol. The maximum Gasteiger partial charge on any atom is -0.0315 e. The lowest BCUT2D eigenvalue weighted by Gasteiger charge is -2.17. The minimum atomic E-state index is 0.954. The molecule has 2 atom stereocenters. The van der Waals surface area contributed by atoms with E-state index in [9.17, 15) is 0 Å². The Hall–Kier alpha value is -0.260. The Morgan fingerprint density at radius 3 is 2.08 bits per heavy atom. The molecule has 0 heterocycles. The monoisotopic (exact) mass is 166 g/mol. The zero-order chi connectivity index (χ0) is 9.14. The van der Waals surface area contributed by atoms with E-state index in [-0.39, 0.29) is 0 Å². The van der Waals surface area contributed by atoms with Crippen molar-refractivity contribution in [1.29, 1.82) is 0 Å². The first-order chi connectivity index (χ1) is 5.61. The van der Waals surface area contributed by atoms with Crippen LogP contribution in [0.1, 0.15) is 47.0 Å². The quantitative estimate of drug-likeness (QED) is 0.543. The molecule has 1 rings (SSSR count). The van der Waals surface area contributed by atoms with Crippen molar-refractivity contribution in [3.63, 3.8) is 0 Å². The molecule has 12 heavy (non-hydrogen) atoms. The molecule has 0 aliphatic heterocycles. The second-order valence-corrected chi connectivity index (χ2v) is 4.71. The Balaban J connectivity index is 2.45. The molecule has 70 valence electrons. The predicted molar refractivity (Wildman–Crippen MR) is 55.1 cm³/mol. The van der Waals surface area contributed by atoms with Crippen molar-refractivity contribution in [2.75, 3.05) is 0 Å². The van der Waals surface area contributed by atoms with Crippen LogP contribution in [-0.2, 0) is 0 Å². The summed E-state index contributed by atoms with van der Waals surface area (Å²) in [6, 6.07) is 0. The highest BCUT2D eigenvalue weighted by atomic mass is 14.3. The highest BCUT2D eigenvalue weighted by Gasteiger charge is 2.28. The molecule has 1 saturated carbocycles. The van der Waals surface area contributed by atoms with Crippen molar-refractivity contribution in [2.45, 2.75) is 47.0 Å². The first-order valence-corrected chi connectivity index (χ1v) is 5.24. The molecule has 0 radical (unpaired) electrons. The van der Waals surface area contributed by atoms with Crippen molar-refractivity contribution < 1.29 is 0 Å². The number of hydrogen-bond donors (Lipinski definition) is 0. The molecule has 0 spiro atoms. The molecule has 1 fully saturated rings. The number of rotatable bonds is 2. The summed E-state index contributed by atoms with van der Waals surface area (Å²) in [6.45, 7) is 9.22. The molecule has 0 aromatic carbocycles. The second-order valence-electron chi connectivity index (χ2n) is 4.71. The fourth-order valence-corrected chi connectivity index (χ4v) is 2.35. The van der Waals surface area contributed by atoms with Gasteiger partial charge in [0.2, 0.25) is 0 Å². The third-order valence-corrected chi connectivity index (χ3v) is 3.34. The lowest BCUT2D eigenvalue weighted by molar-refractivity contribution is 0.349. The van der Waals surface area contributed by atoms with E-state index in [0.29, 0.717) is 0 Å². The van der Waals surface area contributed by atoms with E-state index in [4.69, 9.17) is 0 Å². The Morgan fingerprint density at radius 1 is 1.17 bits per heavy atom. The van der Waals surface area contributed by atoms with Crippen molar-refractivity contribution in [1.82, 2.24) is 0 Å². The van der Waals surface area contributed by atoms with Gasteiger partial charge in [0.1, 0.15) is 0 Å². The van der Waals surface area contributed by atoms with Crippen LogP contribution in [-0.4, -0.2) is 0 Å². The van der Waals surface area contributed by atoms with E-state index in [0.717, 1.165) is 17.8 Å². The van der Waals surface area contributed by atoms with Gasteiger partial charge in [-0.15, -0.1) is 0 Å². The van der Waals surface area contributed by atoms with Crippen LogP contribution >= 0.6 is 0 Å². The lowest BCUT2D eigenvalue weighted by atomic mass is 9.88. The largest absolute Gasteiger partial charge is 0.0856 e. The Bertz CT molecular complexity index is 153. The highest BCUT2D eigenvalue weighted by molar-refractivity contribution is 4.96. The molecule has 0 bridgehead atoms. The molecule has 0 amide bonds. The molecule has 1 aliphatic rings. The van der Waals surface area contributed by atoms with Crippen LogP contribution in [0.2, 0.25) is 0 Å². The minimum absolute atomic E-state index is 0.954. The summed E-state index contributed by atoms with van der Waals surface area (Å²) in [4.78, 5) is 0. The van der Waals surface area contributed by atoms with Crippen LogP contribution in [0.5, 0.6) is 0 Å². The van der Waals surface area contributed by atoms with Crippen LogP contribution in [0.3, 0.4) is 0 Å². The first-order valence-electron chi connectivity index (χ1n) is 5.24. The van der Waals surface area contributed by atoms with E-state index >= 15 is 0 Å². The summed E-state index contributed by atoms with van der Waals surface area (Å²) in [5.41, 5.74) is 1.47. The van der Waals surface area contributed by atoms with Gasteiger partial charge in [-0.1, -0.05) is 38.3 Å². The summed E-state index contributed by atoms with van der Waals surface area (Å²) >= 11 is 0. The smallest absolute Gasteiger partial charge is 0.0315 e. The van der Waals surface area contributed by atoms with Crippen LogP contribution in [0.25, 0.3) is 0 Å². The SMILES string of the molecule is CC(C)=CCC1C(C)CCC1C. The fourth-order valence-electron chi connectivity index (χ4n) is 2.35. The van der Waals surface area contributed by atoms with Crippen LogP contribution in [0, 0.1) is 17.8 Å². The molecule has 1 aliphatic carbocycles. The van der Waals surface area contributed by atoms with E-state index < -0.39 is 0 Å². The van der Waals surface area contributed by atoms with Gasteiger partial charge in [0.25, 0.3) is 0 Å². The molecular weight excluding hydrogens is 144 g/mol. The van der Waals surface area contributed by atoms with Gasteiger partial charge in [-0.25, -0.2) is 0 Å². The minimum Gasteiger partial charge on any atom is -0.0856 e. The van der Waals surface area contributed by atoms with E-state index in [1.54, 1.807) is 0 Å². The summed E-state index contributed by atoms with van der Waals surface area (Å²) in [7, 11) is 0. The van der Waals surface area contributed by atoms with Crippen LogP contribution < -0.4 is 0 Å². The van der Waals surface area contributed by atoms with Gasteiger partial charge in [-0.2, -0.15) is 0 Å². The molecular formula is C12H22. The average Bonchev–Trinajstić information content (AvgIpc) is 2.28. The molecule has 0 heteroatoms. The van der Waals surface area contributed by atoms with Crippen molar-refractivity contribution in [2.24, 2.45) is 17.8 Å².